The van der Waals surface area contributed by atoms with Crippen molar-refractivity contribution in [3.8, 4) is 0 Å². The number of carbonyl (C=O) groups is 1. The molecule has 1 N–H and O–H groups in total. The predicted molar refractivity (Wildman–Crippen MR) is 46.7 cm³/mol. The Morgan fingerprint density at radius 1 is 1.77 bits per heavy atom. The number of hydrogen-bond acceptors (Lipinski definition) is 2. The maximum Gasteiger partial charge on any atom is 0.339 e. The van der Waals surface area contributed by atoms with Crippen LogP contribution in [0.15, 0.2) is 6.20 Å². The molecule has 0 spiro atoms. The second-order valence-electron chi connectivity index (χ2n) is 3.69. The molecule has 0 aromatic carbocycles. The summed E-state index contributed by atoms with van der Waals surface area (Å²) < 4.78 is 1.68. The SMILES string of the molecule is C[C@H]1C[C@H]1c1c(C(=O)O)cnn1C. The molecule has 1 heterocycles. The minimum Gasteiger partial charge on any atom is -0.478 e. The molecule has 1 aliphatic carbocycles. The molecule has 4 heteroatoms. The lowest BCUT2D eigenvalue weighted by Crippen LogP contribution is -2.03. The standard InChI is InChI=1S/C9H12N2O2/c1-5-3-6(5)8-7(9(12)13)4-10-11(8)2/h4-6H,3H2,1-2H3,(H,12,13)/t5-,6+/m0/s1. The van der Waals surface area contributed by atoms with E-state index in [-0.39, 0.29) is 0 Å². The quantitative estimate of drug-likeness (QED) is 0.745. The van der Waals surface area contributed by atoms with E-state index >= 15 is 0 Å². The van der Waals surface area contributed by atoms with E-state index in [0.717, 1.165) is 12.1 Å². The van der Waals surface area contributed by atoms with E-state index in [0.29, 0.717) is 17.4 Å². The second kappa shape index (κ2) is 2.58. The average Bonchev–Trinajstić information content (AvgIpc) is 2.60. The van der Waals surface area contributed by atoms with Crippen LogP contribution in [0.4, 0.5) is 0 Å². The van der Waals surface area contributed by atoms with Crippen molar-refractivity contribution in [3.05, 3.63) is 17.5 Å². The van der Waals surface area contributed by atoms with Crippen molar-refractivity contribution in [1.29, 1.82) is 0 Å². The van der Waals surface area contributed by atoms with Gasteiger partial charge in [-0.3, -0.25) is 4.68 Å². The van der Waals surface area contributed by atoms with Gasteiger partial charge in [0.05, 0.1) is 11.9 Å². The van der Waals surface area contributed by atoms with Gasteiger partial charge in [0.15, 0.2) is 0 Å². The summed E-state index contributed by atoms with van der Waals surface area (Å²) in [4.78, 5) is 10.8. The van der Waals surface area contributed by atoms with Gasteiger partial charge in [-0.1, -0.05) is 6.92 Å². The summed E-state index contributed by atoms with van der Waals surface area (Å²) in [6.07, 6.45) is 2.52. The first-order valence-electron chi connectivity index (χ1n) is 4.36. The zero-order chi connectivity index (χ0) is 9.59. The van der Waals surface area contributed by atoms with E-state index in [4.69, 9.17) is 5.11 Å². The van der Waals surface area contributed by atoms with Gasteiger partial charge in [-0.2, -0.15) is 5.10 Å². The molecule has 1 aromatic heterocycles. The van der Waals surface area contributed by atoms with Gasteiger partial charge >= 0.3 is 5.97 Å². The van der Waals surface area contributed by atoms with E-state index in [1.54, 1.807) is 11.7 Å². The molecule has 13 heavy (non-hydrogen) atoms. The summed E-state index contributed by atoms with van der Waals surface area (Å²) in [6, 6.07) is 0. The smallest absolute Gasteiger partial charge is 0.339 e. The van der Waals surface area contributed by atoms with Crippen LogP contribution in [0.25, 0.3) is 0 Å². The van der Waals surface area contributed by atoms with Crippen molar-refractivity contribution in [2.75, 3.05) is 0 Å². The molecular weight excluding hydrogens is 168 g/mol. The van der Waals surface area contributed by atoms with E-state index < -0.39 is 5.97 Å². The Bertz CT molecular complexity index is 356. The summed E-state index contributed by atoms with van der Waals surface area (Å²) >= 11 is 0. The topological polar surface area (TPSA) is 55.1 Å². The third kappa shape index (κ3) is 1.22. The summed E-state index contributed by atoms with van der Waals surface area (Å²) in [6.45, 7) is 2.13. The summed E-state index contributed by atoms with van der Waals surface area (Å²) in [5, 5.41) is 12.9. The van der Waals surface area contributed by atoms with Crippen LogP contribution in [-0.4, -0.2) is 20.9 Å². The lowest BCUT2D eigenvalue weighted by molar-refractivity contribution is 0.0695. The van der Waals surface area contributed by atoms with E-state index in [9.17, 15) is 4.79 Å². The minimum absolute atomic E-state index is 0.358. The highest BCUT2D eigenvalue weighted by Crippen LogP contribution is 2.47. The normalized spacial score (nSPS) is 26.0. The molecule has 0 unspecified atom stereocenters. The van der Waals surface area contributed by atoms with Crippen LogP contribution in [0.2, 0.25) is 0 Å². The molecule has 1 fully saturated rings. The van der Waals surface area contributed by atoms with E-state index in [1.165, 1.54) is 6.20 Å². The van der Waals surface area contributed by atoms with Gasteiger partial charge in [-0.25, -0.2) is 4.79 Å². The highest BCUT2D eigenvalue weighted by molar-refractivity contribution is 5.89. The van der Waals surface area contributed by atoms with Crippen LogP contribution in [0.1, 0.15) is 35.3 Å². The number of rotatable bonds is 2. The highest BCUT2D eigenvalue weighted by Gasteiger charge is 2.39. The summed E-state index contributed by atoms with van der Waals surface area (Å²) in [7, 11) is 1.80. The van der Waals surface area contributed by atoms with Crippen molar-refractivity contribution in [2.24, 2.45) is 13.0 Å². The molecule has 70 valence electrons. The monoisotopic (exact) mass is 180 g/mol. The van der Waals surface area contributed by atoms with Gasteiger partial charge in [-0.05, 0) is 12.3 Å². The van der Waals surface area contributed by atoms with Crippen LogP contribution < -0.4 is 0 Å². The molecule has 4 nitrogen and oxygen atoms in total. The minimum atomic E-state index is -0.873. The van der Waals surface area contributed by atoms with Crippen LogP contribution in [0, 0.1) is 5.92 Å². The number of aryl methyl sites for hydroxylation is 1. The lowest BCUT2D eigenvalue weighted by atomic mass is 10.1. The van der Waals surface area contributed by atoms with Gasteiger partial charge in [0.2, 0.25) is 0 Å². The maximum absolute atomic E-state index is 10.8. The third-order valence-electron chi connectivity index (χ3n) is 2.68. The van der Waals surface area contributed by atoms with Crippen molar-refractivity contribution >= 4 is 5.97 Å². The van der Waals surface area contributed by atoms with Crippen molar-refractivity contribution < 1.29 is 9.90 Å². The summed E-state index contributed by atoms with van der Waals surface area (Å²) in [5.74, 6) is 0.134. The molecule has 0 radical (unpaired) electrons. The lowest BCUT2D eigenvalue weighted by Gasteiger charge is -2.00. The van der Waals surface area contributed by atoms with E-state index in [1.807, 2.05) is 0 Å². The van der Waals surface area contributed by atoms with Gasteiger partial charge < -0.3 is 5.11 Å². The predicted octanol–water partition coefficient (Wildman–Crippen LogP) is 1.24. The molecule has 1 aromatic rings. The number of carboxylic acids is 1. The molecule has 0 aliphatic heterocycles. The van der Waals surface area contributed by atoms with Crippen LogP contribution in [-0.2, 0) is 7.05 Å². The molecule has 0 bridgehead atoms. The molecule has 0 saturated heterocycles. The Labute approximate surface area is 76.2 Å². The maximum atomic E-state index is 10.8. The van der Waals surface area contributed by atoms with Crippen LogP contribution in [0.5, 0.6) is 0 Å². The van der Waals surface area contributed by atoms with Crippen LogP contribution >= 0.6 is 0 Å². The molecule has 0 amide bonds. The van der Waals surface area contributed by atoms with Crippen molar-refractivity contribution in [2.45, 2.75) is 19.3 Å². The van der Waals surface area contributed by atoms with E-state index in [2.05, 4.69) is 12.0 Å². The Kier molecular flexibility index (Phi) is 1.65. The van der Waals surface area contributed by atoms with Gasteiger partial charge in [-0.15, -0.1) is 0 Å². The molecular formula is C9H12N2O2. The zero-order valence-electron chi connectivity index (χ0n) is 7.69. The third-order valence-corrected chi connectivity index (χ3v) is 2.68. The molecule has 1 aliphatic rings. The van der Waals surface area contributed by atoms with Gasteiger partial charge in [0.1, 0.15) is 5.56 Å². The van der Waals surface area contributed by atoms with Crippen molar-refractivity contribution in [3.63, 3.8) is 0 Å². The fourth-order valence-corrected chi connectivity index (χ4v) is 1.75. The second-order valence-corrected chi connectivity index (χ2v) is 3.69. The first kappa shape index (κ1) is 8.29. The number of aromatic nitrogens is 2. The molecule has 2 atom stereocenters. The largest absolute Gasteiger partial charge is 0.478 e. The first-order valence-corrected chi connectivity index (χ1v) is 4.36. The summed E-state index contributed by atoms with van der Waals surface area (Å²) in [5.41, 5.74) is 1.23. The Hall–Kier alpha value is -1.32. The number of carboxylic acid groups (broad SMARTS) is 1. The average molecular weight is 180 g/mol. The number of hydrogen-bond donors (Lipinski definition) is 1. The Balaban J connectivity index is 2.41. The van der Waals surface area contributed by atoms with Gasteiger partial charge in [0, 0.05) is 13.0 Å². The molecule has 1 saturated carbocycles. The number of nitrogens with zero attached hydrogens (tertiary/aromatic N) is 2. The Morgan fingerprint density at radius 3 is 2.85 bits per heavy atom. The van der Waals surface area contributed by atoms with Crippen LogP contribution in [0.3, 0.4) is 0 Å². The zero-order valence-corrected chi connectivity index (χ0v) is 7.69. The fourth-order valence-electron chi connectivity index (χ4n) is 1.75. The fraction of sp³-hybridized carbons (Fsp3) is 0.556. The molecule has 2 rings (SSSR count). The van der Waals surface area contributed by atoms with Crippen molar-refractivity contribution in [1.82, 2.24) is 9.78 Å². The highest BCUT2D eigenvalue weighted by atomic mass is 16.4. The first-order chi connectivity index (χ1) is 6.11. The van der Waals surface area contributed by atoms with Gasteiger partial charge in [0.25, 0.3) is 0 Å². The Morgan fingerprint density at radius 2 is 2.38 bits per heavy atom. The number of aromatic carboxylic acids is 1.